The average Bonchev–Trinajstić information content (AvgIpc) is 3.16. The van der Waals surface area contributed by atoms with E-state index in [0.29, 0.717) is 11.3 Å². The fraction of sp³-hybridized carbons (Fsp3) is 0.115. The number of hydrogen-bond acceptors (Lipinski definition) is 8. The predicted octanol–water partition coefficient (Wildman–Crippen LogP) is 5.62. The quantitative estimate of drug-likeness (QED) is 0.191. The zero-order chi connectivity index (χ0) is 27.2. The van der Waals surface area contributed by atoms with Crippen LogP contribution in [0.4, 0.5) is 16.2 Å². The van der Waals surface area contributed by atoms with Gasteiger partial charge in [0.15, 0.2) is 18.1 Å². The number of carbonyl (C=O) groups excluding carboxylic acids is 3. The minimum Gasteiger partial charge on any atom is -0.493 e. The Hall–Kier alpha value is -4.16. The van der Waals surface area contributed by atoms with E-state index < -0.39 is 10.8 Å². The molecule has 0 aliphatic carbocycles. The number of non-ortho nitro benzene ring substituents is 1. The van der Waals surface area contributed by atoms with Crippen LogP contribution in [0.25, 0.3) is 6.08 Å². The van der Waals surface area contributed by atoms with E-state index in [9.17, 15) is 24.5 Å². The summed E-state index contributed by atoms with van der Waals surface area (Å²) in [5, 5.41) is 13.1. The predicted molar refractivity (Wildman–Crippen MR) is 146 cm³/mol. The van der Waals surface area contributed by atoms with Crippen molar-refractivity contribution in [1.29, 1.82) is 0 Å². The summed E-state index contributed by atoms with van der Waals surface area (Å²) in [5.41, 5.74) is 1.55. The van der Waals surface area contributed by atoms with Crippen molar-refractivity contribution in [3.05, 3.63) is 97.3 Å². The van der Waals surface area contributed by atoms with Gasteiger partial charge in [-0.05, 0) is 59.3 Å². The number of carbonyl (C=O) groups is 3. The van der Waals surface area contributed by atoms with Crippen LogP contribution in [0, 0.1) is 10.1 Å². The van der Waals surface area contributed by atoms with E-state index in [1.165, 1.54) is 36.3 Å². The molecule has 10 nitrogen and oxygen atoms in total. The Morgan fingerprint density at radius 1 is 1.11 bits per heavy atom. The molecule has 1 heterocycles. The lowest BCUT2D eigenvalue weighted by Gasteiger charge is -2.12. The van der Waals surface area contributed by atoms with Crippen LogP contribution in [-0.4, -0.2) is 40.6 Å². The van der Waals surface area contributed by atoms with Crippen molar-refractivity contribution in [3.8, 4) is 11.5 Å². The molecule has 0 atom stereocenters. The third kappa shape index (κ3) is 6.58. The van der Waals surface area contributed by atoms with E-state index in [-0.39, 0.29) is 46.3 Å². The van der Waals surface area contributed by atoms with Gasteiger partial charge in [0.1, 0.15) is 0 Å². The Balaban J connectivity index is 1.40. The fourth-order valence-electron chi connectivity index (χ4n) is 3.49. The number of nitro benzene ring substituents is 1. The molecule has 0 saturated carbocycles. The number of thioether (sulfide) groups is 1. The smallest absolute Gasteiger partial charge is 0.293 e. The van der Waals surface area contributed by atoms with Crippen molar-refractivity contribution in [2.45, 2.75) is 6.54 Å². The Morgan fingerprint density at radius 2 is 1.87 bits per heavy atom. The summed E-state index contributed by atoms with van der Waals surface area (Å²) in [5.74, 6) is -0.311. The van der Waals surface area contributed by atoms with Gasteiger partial charge < -0.3 is 14.8 Å². The first-order chi connectivity index (χ1) is 18.2. The highest BCUT2D eigenvalue weighted by Crippen LogP contribution is 2.35. The maximum atomic E-state index is 12.9. The molecule has 1 aliphatic heterocycles. The summed E-state index contributed by atoms with van der Waals surface area (Å²) >= 11 is 4.22. The first-order valence-electron chi connectivity index (χ1n) is 11.1. The Morgan fingerprint density at radius 3 is 2.58 bits per heavy atom. The number of nitro groups is 1. The molecule has 38 heavy (non-hydrogen) atoms. The highest BCUT2D eigenvalue weighted by Gasteiger charge is 2.35. The molecule has 3 aromatic rings. The number of anilines is 1. The summed E-state index contributed by atoms with van der Waals surface area (Å²) in [7, 11) is 1.43. The summed E-state index contributed by atoms with van der Waals surface area (Å²) in [6.45, 7) is -0.197. The van der Waals surface area contributed by atoms with Crippen molar-refractivity contribution in [1.82, 2.24) is 4.90 Å². The van der Waals surface area contributed by atoms with Gasteiger partial charge in [0.25, 0.3) is 22.7 Å². The number of nitrogens with zero attached hydrogens (tertiary/aromatic N) is 2. The summed E-state index contributed by atoms with van der Waals surface area (Å²) < 4.78 is 11.8. The summed E-state index contributed by atoms with van der Waals surface area (Å²) in [6.07, 6.45) is 1.59. The van der Waals surface area contributed by atoms with Crippen LogP contribution in [0.2, 0.25) is 0 Å². The van der Waals surface area contributed by atoms with Crippen LogP contribution in [0.1, 0.15) is 11.1 Å². The second-order valence-electron chi connectivity index (χ2n) is 7.95. The molecule has 1 aliphatic rings. The standard InChI is InChI=1S/C26H20BrN3O7S/c1-36-22-11-17(12-23-25(32)29(26(33)38-23)14-16-5-8-18(27)9-6-16)7-10-21(22)37-15-24(31)28-19-3-2-4-20(13-19)30(34)35/h2-13H,14-15H2,1H3,(H,28,31)/b23-12-. The topological polar surface area (TPSA) is 128 Å². The first kappa shape index (κ1) is 26.9. The summed E-state index contributed by atoms with van der Waals surface area (Å²) in [4.78, 5) is 49.4. The van der Waals surface area contributed by atoms with Gasteiger partial charge in [-0.25, -0.2) is 0 Å². The number of ether oxygens (including phenoxy) is 2. The Kier molecular flexibility index (Phi) is 8.44. The number of imide groups is 1. The molecule has 0 unspecified atom stereocenters. The SMILES string of the molecule is COc1cc(/C=C2\SC(=O)N(Cc3ccc(Br)cc3)C2=O)ccc1OCC(=O)Nc1cccc([N+](=O)[O-])c1. The van der Waals surface area contributed by atoms with Crippen molar-refractivity contribution < 1.29 is 28.8 Å². The first-order valence-corrected chi connectivity index (χ1v) is 12.7. The molecule has 194 valence electrons. The maximum Gasteiger partial charge on any atom is 0.293 e. The number of hydrogen-bond donors (Lipinski definition) is 1. The van der Waals surface area contributed by atoms with Gasteiger partial charge in [-0.3, -0.25) is 29.4 Å². The second kappa shape index (κ2) is 11.9. The molecule has 1 N–H and O–H groups in total. The lowest BCUT2D eigenvalue weighted by molar-refractivity contribution is -0.384. The number of halogens is 1. The van der Waals surface area contributed by atoms with E-state index in [1.807, 2.05) is 24.3 Å². The highest BCUT2D eigenvalue weighted by atomic mass is 79.9. The third-order valence-corrected chi connectivity index (χ3v) is 6.75. The molecular weight excluding hydrogens is 578 g/mol. The van der Waals surface area contributed by atoms with Crippen LogP contribution in [0.5, 0.6) is 11.5 Å². The molecule has 12 heteroatoms. The van der Waals surface area contributed by atoms with E-state index in [4.69, 9.17) is 9.47 Å². The monoisotopic (exact) mass is 597 g/mol. The van der Waals surface area contributed by atoms with Crippen LogP contribution >= 0.6 is 27.7 Å². The zero-order valence-electron chi connectivity index (χ0n) is 19.9. The molecule has 0 spiro atoms. The van der Waals surface area contributed by atoms with Gasteiger partial charge in [0.05, 0.1) is 23.5 Å². The molecule has 4 rings (SSSR count). The van der Waals surface area contributed by atoms with Gasteiger partial charge in [0, 0.05) is 22.3 Å². The average molecular weight is 598 g/mol. The van der Waals surface area contributed by atoms with Crippen LogP contribution < -0.4 is 14.8 Å². The highest BCUT2D eigenvalue weighted by molar-refractivity contribution is 9.10. The minimum atomic E-state index is -0.554. The third-order valence-electron chi connectivity index (χ3n) is 5.31. The van der Waals surface area contributed by atoms with Gasteiger partial charge >= 0.3 is 0 Å². The second-order valence-corrected chi connectivity index (χ2v) is 9.86. The minimum absolute atomic E-state index is 0.146. The van der Waals surface area contributed by atoms with Crippen LogP contribution in [-0.2, 0) is 16.1 Å². The molecule has 3 amide bonds. The van der Waals surface area contributed by atoms with Crippen LogP contribution in [0.3, 0.4) is 0 Å². The lowest BCUT2D eigenvalue weighted by atomic mass is 10.1. The fourth-order valence-corrected chi connectivity index (χ4v) is 4.59. The molecule has 1 fully saturated rings. The molecule has 0 bridgehead atoms. The van der Waals surface area contributed by atoms with E-state index in [1.54, 1.807) is 24.3 Å². The molecule has 0 radical (unpaired) electrons. The van der Waals surface area contributed by atoms with Crippen molar-refractivity contribution in [2.24, 2.45) is 0 Å². The number of rotatable bonds is 9. The molecule has 0 aromatic heterocycles. The maximum absolute atomic E-state index is 12.9. The van der Waals surface area contributed by atoms with Crippen molar-refractivity contribution >= 4 is 62.2 Å². The van der Waals surface area contributed by atoms with E-state index >= 15 is 0 Å². The number of methoxy groups -OCH3 is 1. The lowest BCUT2D eigenvalue weighted by Crippen LogP contribution is -2.27. The normalized spacial score (nSPS) is 14.1. The number of benzene rings is 3. The van der Waals surface area contributed by atoms with Gasteiger partial charge in [-0.15, -0.1) is 0 Å². The van der Waals surface area contributed by atoms with E-state index in [0.717, 1.165) is 21.8 Å². The molecular formula is C26H20BrN3O7S. The zero-order valence-corrected chi connectivity index (χ0v) is 22.3. The van der Waals surface area contributed by atoms with Crippen molar-refractivity contribution in [3.63, 3.8) is 0 Å². The van der Waals surface area contributed by atoms with Gasteiger partial charge in [0.2, 0.25) is 0 Å². The Bertz CT molecular complexity index is 1440. The van der Waals surface area contributed by atoms with E-state index in [2.05, 4.69) is 21.2 Å². The number of nitrogens with one attached hydrogen (secondary N) is 1. The largest absolute Gasteiger partial charge is 0.493 e. The molecule has 1 saturated heterocycles. The van der Waals surface area contributed by atoms with Gasteiger partial charge in [-0.2, -0.15) is 0 Å². The Labute approximate surface area is 229 Å². The van der Waals surface area contributed by atoms with Crippen LogP contribution in [0.15, 0.2) is 76.1 Å². The summed E-state index contributed by atoms with van der Waals surface area (Å²) in [6, 6.07) is 17.8. The molecule has 3 aromatic carbocycles. The number of amides is 3. The van der Waals surface area contributed by atoms with Gasteiger partial charge in [-0.1, -0.05) is 40.2 Å². The van der Waals surface area contributed by atoms with Crippen molar-refractivity contribution in [2.75, 3.05) is 19.0 Å².